The van der Waals surface area contributed by atoms with Crippen LogP contribution in [0.5, 0.6) is 0 Å². The minimum absolute atomic E-state index is 0.0114. The van der Waals surface area contributed by atoms with Crippen LogP contribution in [0, 0.1) is 5.82 Å². The fourth-order valence-corrected chi connectivity index (χ4v) is 3.35. The summed E-state index contributed by atoms with van der Waals surface area (Å²) in [6.45, 7) is 0.224. The van der Waals surface area contributed by atoms with E-state index in [9.17, 15) is 9.50 Å². The molecule has 32 heavy (non-hydrogen) atoms. The zero-order valence-corrected chi connectivity index (χ0v) is 17.8. The van der Waals surface area contributed by atoms with Crippen molar-refractivity contribution >= 4 is 40.1 Å². The van der Waals surface area contributed by atoms with Gasteiger partial charge in [0.15, 0.2) is 5.82 Å². The molecular weight excluding hydrogens is 435 g/mol. The summed E-state index contributed by atoms with van der Waals surface area (Å²) in [4.78, 5) is 17.3. The third-order valence-electron chi connectivity index (χ3n) is 4.74. The second-order valence-electron chi connectivity index (χ2n) is 6.97. The molecular formula is C22H20ClFN6O2. The van der Waals surface area contributed by atoms with Crippen molar-refractivity contribution in [1.82, 2.24) is 19.9 Å². The molecule has 2 aromatic heterocycles. The lowest BCUT2D eigenvalue weighted by molar-refractivity contribution is 0.0953. The van der Waals surface area contributed by atoms with Gasteiger partial charge in [-0.2, -0.15) is 0 Å². The molecule has 0 aliphatic carbocycles. The summed E-state index contributed by atoms with van der Waals surface area (Å²) in [5.41, 5.74) is 2.23. The maximum Gasteiger partial charge on any atom is 0.223 e. The molecule has 0 amide bonds. The second kappa shape index (κ2) is 9.82. The molecule has 8 nitrogen and oxygen atoms in total. The second-order valence-corrected chi connectivity index (χ2v) is 7.37. The van der Waals surface area contributed by atoms with Gasteiger partial charge in [0.05, 0.1) is 23.9 Å². The van der Waals surface area contributed by atoms with Crippen molar-refractivity contribution in [3.8, 4) is 0 Å². The maximum absolute atomic E-state index is 13.5. The predicted molar refractivity (Wildman–Crippen MR) is 121 cm³/mol. The number of nitrogens with zero attached hydrogens (tertiary/aromatic N) is 4. The number of hydrogen-bond donors (Lipinski definition) is 3. The average Bonchev–Trinajstić information content (AvgIpc) is 2.81. The highest BCUT2D eigenvalue weighted by atomic mass is 35.5. The predicted octanol–water partition coefficient (Wildman–Crippen LogP) is 4.12. The molecule has 0 saturated heterocycles. The van der Waals surface area contributed by atoms with E-state index < -0.39 is 18.0 Å². The molecule has 4 aromatic rings. The standard InChI is InChI=1S/C22H20ClFN6O2/c1-32-11-18(20(31)13-5-3-2-4-6-13)29-22-25-10-17-19(30-22)21(27-12-26-17)28-14-7-8-16(24)15(23)9-14/h2-10,12,18,20,31H,11H2,1H3,(H,25,29,30)(H,26,27,28). The van der Waals surface area contributed by atoms with Gasteiger partial charge in [0.1, 0.15) is 29.3 Å². The van der Waals surface area contributed by atoms with Crippen LogP contribution in [-0.4, -0.2) is 44.8 Å². The Kier molecular flexibility index (Phi) is 6.69. The fourth-order valence-electron chi connectivity index (χ4n) is 3.17. The van der Waals surface area contributed by atoms with Gasteiger partial charge in [-0.3, -0.25) is 0 Å². The molecule has 4 rings (SSSR count). The first-order chi connectivity index (χ1) is 15.5. The first-order valence-corrected chi connectivity index (χ1v) is 10.1. The Morgan fingerprint density at radius 1 is 1.12 bits per heavy atom. The molecule has 0 bridgehead atoms. The number of aromatic nitrogens is 4. The number of halogens is 2. The van der Waals surface area contributed by atoms with E-state index >= 15 is 0 Å². The Morgan fingerprint density at radius 2 is 1.94 bits per heavy atom. The van der Waals surface area contributed by atoms with Gasteiger partial charge in [-0.25, -0.2) is 24.3 Å². The highest BCUT2D eigenvalue weighted by molar-refractivity contribution is 6.31. The number of aliphatic hydroxyl groups excluding tert-OH is 1. The lowest BCUT2D eigenvalue weighted by Crippen LogP contribution is -2.32. The SMILES string of the molecule is COCC(Nc1ncc2ncnc(Nc3ccc(F)c(Cl)c3)c2n1)C(O)c1ccccc1. The largest absolute Gasteiger partial charge is 0.386 e. The zero-order valence-electron chi connectivity index (χ0n) is 17.0. The Balaban J connectivity index is 1.63. The summed E-state index contributed by atoms with van der Waals surface area (Å²) in [5, 5.41) is 17.0. The van der Waals surface area contributed by atoms with Gasteiger partial charge in [-0.1, -0.05) is 41.9 Å². The van der Waals surface area contributed by atoms with Gasteiger partial charge < -0.3 is 20.5 Å². The van der Waals surface area contributed by atoms with Crippen LogP contribution in [0.2, 0.25) is 5.02 Å². The summed E-state index contributed by atoms with van der Waals surface area (Å²) in [6.07, 6.45) is 2.08. The molecule has 0 radical (unpaired) electrons. The van der Waals surface area contributed by atoms with Crippen LogP contribution in [-0.2, 0) is 4.74 Å². The lowest BCUT2D eigenvalue weighted by Gasteiger charge is -2.24. The molecule has 10 heteroatoms. The summed E-state index contributed by atoms with van der Waals surface area (Å²) in [5.74, 6) is 0.152. The zero-order chi connectivity index (χ0) is 22.5. The number of hydrogen-bond acceptors (Lipinski definition) is 8. The van der Waals surface area contributed by atoms with Gasteiger partial charge in [0.25, 0.3) is 0 Å². The molecule has 2 atom stereocenters. The van der Waals surface area contributed by atoms with Gasteiger partial charge in [-0.05, 0) is 23.8 Å². The quantitative estimate of drug-likeness (QED) is 0.365. The number of aliphatic hydroxyl groups is 1. The maximum atomic E-state index is 13.5. The van der Waals surface area contributed by atoms with Crippen LogP contribution < -0.4 is 10.6 Å². The van der Waals surface area contributed by atoms with Crippen LogP contribution in [0.3, 0.4) is 0 Å². The van der Waals surface area contributed by atoms with E-state index in [1.807, 2.05) is 30.3 Å². The van der Waals surface area contributed by atoms with E-state index in [-0.39, 0.29) is 17.6 Å². The van der Waals surface area contributed by atoms with E-state index in [0.29, 0.717) is 22.5 Å². The summed E-state index contributed by atoms with van der Waals surface area (Å²) in [6, 6.07) is 13.0. The third kappa shape index (κ3) is 4.91. The first kappa shape index (κ1) is 21.8. The molecule has 0 aliphatic heterocycles. The summed E-state index contributed by atoms with van der Waals surface area (Å²) in [7, 11) is 1.55. The van der Waals surface area contributed by atoms with E-state index in [1.165, 1.54) is 18.5 Å². The fraction of sp³-hybridized carbons (Fsp3) is 0.182. The van der Waals surface area contributed by atoms with E-state index in [4.69, 9.17) is 16.3 Å². The Morgan fingerprint density at radius 3 is 2.69 bits per heavy atom. The van der Waals surface area contributed by atoms with Crippen molar-refractivity contribution in [3.63, 3.8) is 0 Å². The molecule has 2 heterocycles. The highest BCUT2D eigenvalue weighted by Gasteiger charge is 2.22. The molecule has 2 unspecified atom stereocenters. The van der Waals surface area contributed by atoms with E-state index in [1.54, 1.807) is 19.4 Å². The minimum atomic E-state index is -0.846. The summed E-state index contributed by atoms with van der Waals surface area (Å²) < 4.78 is 18.7. The van der Waals surface area contributed by atoms with Gasteiger partial charge in [0, 0.05) is 12.8 Å². The number of nitrogens with one attached hydrogen (secondary N) is 2. The smallest absolute Gasteiger partial charge is 0.223 e. The molecule has 2 aromatic carbocycles. The molecule has 0 aliphatic rings. The summed E-state index contributed by atoms with van der Waals surface area (Å²) >= 11 is 5.87. The highest BCUT2D eigenvalue weighted by Crippen LogP contribution is 2.26. The van der Waals surface area contributed by atoms with E-state index in [0.717, 1.165) is 5.56 Å². The molecule has 3 N–H and O–H groups in total. The normalized spacial score (nSPS) is 13.0. The minimum Gasteiger partial charge on any atom is -0.386 e. The van der Waals surface area contributed by atoms with Crippen molar-refractivity contribution in [3.05, 3.63) is 77.5 Å². The number of ether oxygens (including phenoxy) is 1. The van der Waals surface area contributed by atoms with Crippen LogP contribution in [0.4, 0.5) is 21.8 Å². The molecule has 0 spiro atoms. The Labute approximate surface area is 188 Å². The number of methoxy groups -OCH3 is 1. The van der Waals surface area contributed by atoms with Crippen LogP contribution in [0.1, 0.15) is 11.7 Å². The van der Waals surface area contributed by atoms with Gasteiger partial charge in [-0.15, -0.1) is 0 Å². The van der Waals surface area contributed by atoms with Crippen molar-refractivity contribution < 1.29 is 14.2 Å². The Hall–Kier alpha value is -3.40. The lowest BCUT2D eigenvalue weighted by atomic mass is 10.0. The number of benzene rings is 2. The topological polar surface area (TPSA) is 105 Å². The van der Waals surface area contributed by atoms with Crippen LogP contribution in [0.15, 0.2) is 61.1 Å². The third-order valence-corrected chi connectivity index (χ3v) is 5.03. The number of rotatable bonds is 8. The molecule has 164 valence electrons. The molecule has 0 saturated carbocycles. The average molecular weight is 455 g/mol. The van der Waals surface area contributed by atoms with E-state index in [2.05, 4.69) is 30.6 Å². The molecule has 0 fully saturated rings. The van der Waals surface area contributed by atoms with Crippen molar-refractivity contribution in [1.29, 1.82) is 0 Å². The van der Waals surface area contributed by atoms with Crippen LogP contribution in [0.25, 0.3) is 11.0 Å². The van der Waals surface area contributed by atoms with Crippen molar-refractivity contribution in [2.24, 2.45) is 0 Å². The van der Waals surface area contributed by atoms with Gasteiger partial charge in [0.2, 0.25) is 5.95 Å². The van der Waals surface area contributed by atoms with Crippen molar-refractivity contribution in [2.75, 3.05) is 24.4 Å². The van der Waals surface area contributed by atoms with Crippen LogP contribution >= 0.6 is 11.6 Å². The monoisotopic (exact) mass is 454 g/mol. The number of anilines is 3. The number of fused-ring (bicyclic) bond motifs is 1. The van der Waals surface area contributed by atoms with Gasteiger partial charge >= 0.3 is 0 Å². The Bertz CT molecular complexity index is 1210. The van der Waals surface area contributed by atoms with Crippen molar-refractivity contribution in [2.45, 2.75) is 12.1 Å². The first-order valence-electron chi connectivity index (χ1n) is 9.73.